The molecule has 0 fully saturated rings. The van der Waals surface area contributed by atoms with E-state index in [-0.39, 0.29) is 12.5 Å². The fraction of sp³-hybridized carbons (Fsp3) is 0.100. The summed E-state index contributed by atoms with van der Waals surface area (Å²) < 4.78 is 5.50. The highest BCUT2D eigenvalue weighted by Gasteiger charge is 2.07. The molecule has 5 heteroatoms. The summed E-state index contributed by atoms with van der Waals surface area (Å²) in [4.78, 5) is 16.6. The van der Waals surface area contributed by atoms with Gasteiger partial charge >= 0.3 is 0 Å². The fourth-order valence-electron chi connectivity index (χ4n) is 2.41. The second kappa shape index (κ2) is 7.81. The molecule has 3 rings (SSSR count). The minimum absolute atomic E-state index is 0.133. The number of hydrogen-bond acceptors (Lipinski definition) is 3. The van der Waals surface area contributed by atoms with Gasteiger partial charge in [-0.15, -0.1) is 0 Å². The predicted molar refractivity (Wildman–Crippen MR) is 99.8 cm³/mol. The van der Waals surface area contributed by atoms with Gasteiger partial charge in [-0.3, -0.25) is 9.78 Å². The monoisotopic (exact) mass is 352 g/mol. The zero-order chi connectivity index (χ0) is 17.6. The Hall–Kier alpha value is -2.85. The first kappa shape index (κ1) is 17.0. The first-order valence-electron chi connectivity index (χ1n) is 7.80. The van der Waals surface area contributed by atoms with Gasteiger partial charge in [-0.25, -0.2) is 0 Å². The van der Waals surface area contributed by atoms with Crippen molar-refractivity contribution in [3.05, 3.63) is 83.5 Å². The molecule has 0 saturated carbocycles. The maximum Gasteiger partial charge on any atom is 0.251 e. The van der Waals surface area contributed by atoms with Crippen LogP contribution in [0.25, 0.3) is 10.9 Å². The summed E-state index contributed by atoms with van der Waals surface area (Å²) in [5.74, 6) is 0.552. The van der Waals surface area contributed by atoms with Crippen molar-refractivity contribution >= 4 is 28.4 Å². The average Bonchev–Trinajstić information content (AvgIpc) is 2.64. The first-order chi connectivity index (χ1) is 12.1. The third-order valence-electron chi connectivity index (χ3n) is 3.61. The molecule has 1 aromatic heterocycles. The topological polar surface area (TPSA) is 51.2 Å². The van der Waals surface area contributed by atoms with E-state index >= 15 is 0 Å². The zero-order valence-electron chi connectivity index (χ0n) is 13.5. The summed E-state index contributed by atoms with van der Waals surface area (Å²) in [5.41, 5.74) is 2.41. The van der Waals surface area contributed by atoms with Crippen LogP contribution in [0.3, 0.4) is 0 Å². The molecule has 0 saturated heterocycles. The maximum absolute atomic E-state index is 12.4. The van der Waals surface area contributed by atoms with Crippen LogP contribution >= 0.6 is 11.6 Å². The minimum Gasteiger partial charge on any atom is -0.488 e. The number of fused-ring (bicyclic) bond motifs is 1. The molecule has 4 nitrogen and oxygen atoms in total. The van der Waals surface area contributed by atoms with Crippen LogP contribution in [-0.4, -0.2) is 17.5 Å². The van der Waals surface area contributed by atoms with Gasteiger partial charge in [0, 0.05) is 28.7 Å². The average molecular weight is 353 g/mol. The third kappa shape index (κ3) is 4.58. The Bertz CT molecular complexity index is 924. The molecule has 0 spiro atoms. The van der Waals surface area contributed by atoms with E-state index in [2.05, 4.69) is 16.9 Å². The molecule has 25 heavy (non-hydrogen) atoms. The van der Waals surface area contributed by atoms with E-state index in [4.69, 9.17) is 16.3 Å². The lowest BCUT2D eigenvalue weighted by atomic mass is 10.1. The van der Waals surface area contributed by atoms with Gasteiger partial charge in [0.15, 0.2) is 0 Å². The summed E-state index contributed by atoms with van der Waals surface area (Å²) in [6.07, 6.45) is 1.73. The number of rotatable bonds is 6. The summed E-state index contributed by atoms with van der Waals surface area (Å²) in [6.45, 7) is 4.24. The Morgan fingerprint density at radius 1 is 1.16 bits per heavy atom. The summed E-state index contributed by atoms with van der Waals surface area (Å²) in [5, 5.41) is 4.29. The van der Waals surface area contributed by atoms with Crippen LogP contribution in [0.5, 0.6) is 5.75 Å². The van der Waals surface area contributed by atoms with Gasteiger partial charge in [-0.05, 0) is 42.0 Å². The van der Waals surface area contributed by atoms with E-state index in [0.29, 0.717) is 22.9 Å². The van der Waals surface area contributed by atoms with Crippen LogP contribution in [0, 0.1) is 0 Å². The molecule has 3 aromatic rings. The number of benzene rings is 2. The number of amides is 1. The number of halogens is 1. The Labute approximate surface area is 151 Å². The summed E-state index contributed by atoms with van der Waals surface area (Å²) in [7, 11) is 0. The molecule has 1 heterocycles. The molecule has 1 amide bonds. The van der Waals surface area contributed by atoms with Gasteiger partial charge in [0.05, 0.1) is 5.52 Å². The fourth-order valence-corrected chi connectivity index (χ4v) is 2.46. The lowest BCUT2D eigenvalue weighted by Gasteiger charge is -2.09. The highest BCUT2D eigenvalue weighted by atomic mass is 35.5. The number of carbonyl (C=O) groups is 1. The zero-order valence-corrected chi connectivity index (χ0v) is 14.3. The lowest BCUT2D eigenvalue weighted by Crippen LogP contribution is -2.22. The quantitative estimate of drug-likeness (QED) is 0.719. The summed E-state index contributed by atoms with van der Waals surface area (Å²) >= 11 is 5.70. The van der Waals surface area contributed by atoms with Crippen LogP contribution in [-0.2, 0) is 6.54 Å². The van der Waals surface area contributed by atoms with Crippen molar-refractivity contribution in [2.75, 3.05) is 6.61 Å². The highest BCUT2D eigenvalue weighted by molar-refractivity contribution is 6.29. The van der Waals surface area contributed by atoms with E-state index in [0.717, 1.165) is 16.5 Å². The number of aromatic nitrogens is 1. The number of nitrogens with one attached hydrogen (secondary N) is 1. The molecule has 0 aliphatic carbocycles. The van der Waals surface area contributed by atoms with Gasteiger partial charge < -0.3 is 10.1 Å². The number of carbonyl (C=O) groups excluding carboxylic acids is 1. The molecule has 0 bridgehead atoms. The van der Waals surface area contributed by atoms with Crippen LogP contribution < -0.4 is 10.1 Å². The van der Waals surface area contributed by atoms with Crippen molar-refractivity contribution in [1.29, 1.82) is 0 Å². The number of ether oxygens (including phenoxy) is 1. The molecule has 126 valence electrons. The summed E-state index contributed by atoms with van der Waals surface area (Å²) in [6, 6.07) is 16.7. The molecule has 0 unspecified atom stereocenters. The Kier molecular flexibility index (Phi) is 5.31. The highest BCUT2D eigenvalue weighted by Crippen LogP contribution is 2.16. The molecular formula is C20H17ClN2O2. The van der Waals surface area contributed by atoms with Crippen LogP contribution in [0.2, 0.25) is 0 Å². The SMILES string of the molecule is C=C(Cl)COc1cccc(CNC(=O)c2ccc3ncccc3c2)c1. The molecule has 2 aromatic carbocycles. The van der Waals surface area contributed by atoms with Gasteiger partial charge in [0.2, 0.25) is 0 Å². The number of hydrogen-bond donors (Lipinski definition) is 1. The Morgan fingerprint density at radius 3 is 2.88 bits per heavy atom. The van der Waals surface area contributed by atoms with Gasteiger partial charge in [0.25, 0.3) is 5.91 Å². The van der Waals surface area contributed by atoms with Gasteiger partial charge in [-0.1, -0.05) is 36.4 Å². The molecule has 1 N–H and O–H groups in total. The van der Waals surface area contributed by atoms with Gasteiger partial charge in [0.1, 0.15) is 12.4 Å². The molecular weight excluding hydrogens is 336 g/mol. The van der Waals surface area contributed by atoms with E-state index in [1.165, 1.54) is 0 Å². The van der Waals surface area contributed by atoms with Gasteiger partial charge in [-0.2, -0.15) is 0 Å². The van der Waals surface area contributed by atoms with Crippen molar-refractivity contribution in [1.82, 2.24) is 10.3 Å². The smallest absolute Gasteiger partial charge is 0.251 e. The largest absolute Gasteiger partial charge is 0.488 e. The maximum atomic E-state index is 12.4. The second-order valence-electron chi connectivity index (χ2n) is 5.55. The molecule has 0 aliphatic rings. The molecule has 0 atom stereocenters. The van der Waals surface area contributed by atoms with E-state index in [9.17, 15) is 4.79 Å². The van der Waals surface area contributed by atoms with E-state index in [1.807, 2.05) is 48.5 Å². The van der Waals surface area contributed by atoms with Crippen molar-refractivity contribution in [2.45, 2.75) is 6.54 Å². The van der Waals surface area contributed by atoms with Crippen molar-refractivity contribution < 1.29 is 9.53 Å². The van der Waals surface area contributed by atoms with Crippen molar-refractivity contribution in [3.8, 4) is 5.75 Å². The van der Waals surface area contributed by atoms with Crippen LogP contribution in [0.15, 0.2) is 72.4 Å². The van der Waals surface area contributed by atoms with E-state index in [1.54, 1.807) is 12.3 Å². The van der Waals surface area contributed by atoms with Crippen LogP contribution in [0.4, 0.5) is 0 Å². The molecule has 0 aliphatic heterocycles. The number of nitrogens with zero attached hydrogens (tertiary/aromatic N) is 1. The minimum atomic E-state index is -0.133. The standard InChI is InChI=1S/C20H17ClN2O2/c1-14(21)13-25-18-6-2-4-15(10-18)12-23-20(24)17-7-8-19-16(11-17)5-3-9-22-19/h2-11H,1,12-13H2,(H,23,24). The van der Waals surface area contributed by atoms with Crippen molar-refractivity contribution in [3.63, 3.8) is 0 Å². The lowest BCUT2D eigenvalue weighted by molar-refractivity contribution is 0.0951. The van der Waals surface area contributed by atoms with Crippen molar-refractivity contribution in [2.24, 2.45) is 0 Å². The van der Waals surface area contributed by atoms with E-state index < -0.39 is 0 Å². The Morgan fingerprint density at radius 2 is 2.04 bits per heavy atom. The normalized spacial score (nSPS) is 10.4. The van der Waals surface area contributed by atoms with Crippen LogP contribution in [0.1, 0.15) is 15.9 Å². The first-order valence-corrected chi connectivity index (χ1v) is 8.17. The molecule has 0 radical (unpaired) electrons. The second-order valence-corrected chi connectivity index (χ2v) is 6.08. The predicted octanol–water partition coefficient (Wildman–Crippen LogP) is 4.30. The Balaban J connectivity index is 1.65. The third-order valence-corrected chi connectivity index (χ3v) is 3.72. The number of pyridine rings is 1.